The fourth-order valence-electron chi connectivity index (χ4n) is 2.71. The summed E-state index contributed by atoms with van der Waals surface area (Å²) in [7, 11) is 3.01. The summed E-state index contributed by atoms with van der Waals surface area (Å²) in [6.45, 7) is 3.49. The maximum atomic E-state index is 12.5. The molecule has 1 heterocycles. The molecule has 0 aliphatic carbocycles. The van der Waals surface area contributed by atoms with Crippen molar-refractivity contribution < 1.29 is 23.9 Å². The average molecular weight is 380 g/mol. The molecule has 26 heavy (non-hydrogen) atoms. The zero-order valence-corrected chi connectivity index (χ0v) is 16.2. The van der Waals surface area contributed by atoms with Gasteiger partial charge in [-0.15, -0.1) is 11.8 Å². The van der Waals surface area contributed by atoms with Crippen LogP contribution in [0.2, 0.25) is 0 Å². The van der Waals surface area contributed by atoms with Crippen molar-refractivity contribution in [2.45, 2.75) is 37.2 Å². The van der Waals surface area contributed by atoms with Crippen molar-refractivity contribution in [3.63, 3.8) is 0 Å². The Bertz CT molecular complexity index is 672. The van der Waals surface area contributed by atoms with Crippen LogP contribution in [0.15, 0.2) is 18.2 Å². The number of rotatable bonds is 7. The number of ether oxygens (including phenoxy) is 2. The molecule has 1 saturated heterocycles. The van der Waals surface area contributed by atoms with Gasteiger partial charge in [-0.05, 0) is 25.0 Å². The Kier molecular flexibility index (Phi) is 6.90. The van der Waals surface area contributed by atoms with Crippen molar-refractivity contribution in [2.24, 2.45) is 0 Å². The third kappa shape index (κ3) is 4.30. The Balaban J connectivity index is 2.15. The van der Waals surface area contributed by atoms with Crippen molar-refractivity contribution in [3.05, 3.63) is 18.2 Å². The van der Waals surface area contributed by atoms with Gasteiger partial charge >= 0.3 is 0 Å². The topological polar surface area (TPSA) is 84.9 Å². The molecule has 7 nitrogen and oxygen atoms in total. The van der Waals surface area contributed by atoms with Crippen LogP contribution in [-0.4, -0.2) is 53.9 Å². The van der Waals surface area contributed by atoms with E-state index in [1.807, 2.05) is 13.8 Å². The molecule has 0 saturated carbocycles. The van der Waals surface area contributed by atoms with Gasteiger partial charge in [0.1, 0.15) is 18.0 Å². The van der Waals surface area contributed by atoms with Gasteiger partial charge in [-0.25, -0.2) is 0 Å². The summed E-state index contributed by atoms with van der Waals surface area (Å²) in [6, 6.07) is 5.00. The van der Waals surface area contributed by atoms with Crippen LogP contribution in [0.4, 0.5) is 5.69 Å². The molecule has 3 amide bonds. The summed E-state index contributed by atoms with van der Waals surface area (Å²) in [5, 5.41) is 2.10. The lowest BCUT2D eigenvalue weighted by Gasteiger charge is -2.34. The molecule has 1 aliphatic rings. The first-order valence-electron chi connectivity index (χ1n) is 8.47. The monoisotopic (exact) mass is 380 g/mol. The Labute approximate surface area is 157 Å². The number of thioether (sulfide) groups is 1. The Morgan fingerprint density at radius 3 is 2.23 bits per heavy atom. The van der Waals surface area contributed by atoms with Gasteiger partial charge < -0.3 is 14.8 Å². The number of anilines is 1. The summed E-state index contributed by atoms with van der Waals surface area (Å²) in [5.41, 5.74) is 0.419. The van der Waals surface area contributed by atoms with Crippen LogP contribution in [0.1, 0.15) is 26.7 Å². The molecular formula is C18H24N2O5S. The third-order valence-electron chi connectivity index (χ3n) is 4.14. The number of carbonyl (C=O) groups excluding carboxylic acids is 3. The molecule has 0 spiro atoms. The van der Waals surface area contributed by atoms with Crippen LogP contribution in [0.5, 0.6) is 11.5 Å². The number of hydrogen-bond donors (Lipinski definition) is 1. The minimum atomic E-state index is -0.463. The summed E-state index contributed by atoms with van der Waals surface area (Å²) in [4.78, 5) is 38.5. The van der Waals surface area contributed by atoms with E-state index in [1.54, 1.807) is 18.2 Å². The van der Waals surface area contributed by atoms with E-state index >= 15 is 0 Å². The Hall–Kier alpha value is -2.22. The first-order chi connectivity index (χ1) is 12.4. The number of nitrogens with zero attached hydrogens (tertiary/aromatic N) is 1. The van der Waals surface area contributed by atoms with Gasteiger partial charge in [0.05, 0.1) is 30.4 Å². The molecule has 0 unspecified atom stereocenters. The molecule has 142 valence electrons. The van der Waals surface area contributed by atoms with Gasteiger partial charge in [-0.3, -0.25) is 19.3 Å². The van der Waals surface area contributed by atoms with Gasteiger partial charge in [0.2, 0.25) is 17.7 Å². The molecular weight excluding hydrogens is 356 g/mol. The zero-order valence-electron chi connectivity index (χ0n) is 15.4. The van der Waals surface area contributed by atoms with E-state index in [1.165, 1.54) is 26.0 Å². The van der Waals surface area contributed by atoms with Crippen molar-refractivity contribution in [2.75, 3.05) is 26.1 Å². The van der Waals surface area contributed by atoms with Crippen LogP contribution in [0.25, 0.3) is 0 Å². The smallest absolute Gasteiger partial charge is 0.244 e. The van der Waals surface area contributed by atoms with Crippen molar-refractivity contribution in [1.82, 2.24) is 4.90 Å². The number of carbonyl (C=O) groups is 3. The minimum absolute atomic E-state index is 0.295. The fourth-order valence-corrected chi connectivity index (χ4v) is 3.98. The van der Waals surface area contributed by atoms with Gasteiger partial charge in [0, 0.05) is 6.07 Å². The average Bonchev–Trinajstić information content (AvgIpc) is 2.65. The molecule has 1 aliphatic heterocycles. The van der Waals surface area contributed by atoms with Crippen LogP contribution < -0.4 is 14.8 Å². The predicted octanol–water partition coefficient (Wildman–Crippen LogP) is 2.30. The van der Waals surface area contributed by atoms with E-state index < -0.39 is 5.91 Å². The van der Waals surface area contributed by atoms with Crippen LogP contribution in [0, 0.1) is 0 Å². The standard InChI is InChI=1S/C18H24N2O5S/c1-5-14-17(22)20(18(23)15(6-2)26-14)10-16(21)19-12-9-11(24-3)7-8-13(12)25-4/h7-9,14-15H,5-6,10H2,1-4H3,(H,19,21)/t14-,15-/m0/s1. The SMILES string of the molecule is CC[C@@H]1S[C@@H](CC)C(=O)N(CC(=O)Nc2cc(OC)ccc2OC)C1=O. The molecule has 1 N–H and O–H groups in total. The maximum absolute atomic E-state index is 12.5. The first kappa shape index (κ1) is 20.1. The number of amides is 3. The highest BCUT2D eigenvalue weighted by molar-refractivity contribution is 8.02. The number of methoxy groups -OCH3 is 2. The largest absolute Gasteiger partial charge is 0.497 e. The lowest BCUT2D eigenvalue weighted by molar-refractivity contribution is -0.147. The number of imide groups is 1. The highest BCUT2D eigenvalue weighted by Gasteiger charge is 2.40. The van der Waals surface area contributed by atoms with Gasteiger partial charge in [0.25, 0.3) is 0 Å². The second-order valence-electron chi connectivity index (χ2n) is 5.81. The molecule has 2 rings (SSSR count). The first-order valence-corrected chi connectivity index (χ1v) is 9.41. The predicted molar refractivity (Wildman–Crippen MR) is 101 cm³/mol. The Morgan fingerprint density at radius 1 is 1.12 bits per heavy atom. The summed E-state index contributed by atoms with van der Waals surface area (Å²) < 4.78 is 10.4. The molecule has 1 aromatic carbocycles. The van der Waals surface area contributed by atoms with E-state index in [0.29, 0.717) is 30.0 Å². The third-order valence-corrected chi connectivity index (χ3v) is 5.86. The molecule has 1 fully saturated rings. The highest BCUT2D eigenvalue weighted by Crippen LogP contribution is 2.32. The molecule has 8 heteroatoms. The minimum Gasteiger partial charge on any atom is -0.497 e. The van der Waals surface area contributed by atoms with E-state index in [9.17, 15) is 14.4 Å². The van der Waals surface area contributed by atoms with Gasteiger partial charge in [-0.2, -0.15) is 0 Å². The van der Waals surface area contributed by atoms with Gasteiger partial charge in [0.15, 0.2) is 0 Å². The molecule has 0 radical (unpaired) electrons. The lowest BCUT2D eigenvalue weighted by atomic mass is 10.2. The van der Waals surface area contributed by atoms with Crippen molar-refractivity contribution in [1.29, 1.82) is 0 Å². The Morgan fingerprint density at radius 2 is 1.73 bits per heavy atom. The summed E-state index contributed by atoms with van der Waals surface area (Å²) >= 11 is 1.38. The van der Waals surface area contributed by atoms with E-state index in [4.69, 9.17) is 9.47 Å². The van der Waals surface area contributed by atoms with E-state index in [0.717, 1.165) is 4.90 Å². The molecule has 0 bridgehead atoms. The molecule has 2 atom stereocenters. The molecule has 1 aromatic rings. The second kappa shape index (κ2) is 8.93. The normalized spacial score (nSPS) is 20.1. The van der Waals surface area contributed by atoms with Crippen molar-refractivity contribution >= 4 is 35.2 Å². The molecule has 0 aromatic heterocycles. The number of nitrogens with one attached hydrogen (secondary N) is 1. The fraction of sp³-hybridized carbons (Fsp3) is 0.500. The number of hydrogen-bond acceptors (Lipinski definition) is 6. The van der Waals surface area contributed by atoms with Crippen LogP contribution >= 0.6 is 11.8 Å². The second-order valence-corrected chi connectivity index (χ2v) is 7.22. The van der Waals surface area contributed by atoms with Crippen molar-refractivity contribution in [3.8, 4) is 11.5 Å². The quantitative estimate of drug-likeness (QED) is 0.731. The highest BCUT2D eigenvalue weighted by atomic mass is 32.2. The van der Waals surface area contributed by atoms with Crippen LogP contribution in [-0.2, 0) is 14.4 Å². The summed E-state index contributed by atoms with van der Waals surface area (Å²) in [6.07, 6.45) is 1.24. The van der Waals surface area contributed by atoms with Crippen LogP contribution in [0.3, 0.4) is 0 Å². The number of benzene rings is 1. The maximum Gasteiger partial charge on any atom is 0.244 e. The van der Waals surface area contributed by atoms with E-state index in [2.05, 4.69) is 5.32 Å². The van der Waals surface area contributed by atoms with E-state index in [-0.39, 0.29) is 28.9 Å². The van der Waals surface area contributed by atoms with Gasteiger partial charge in [-0.1, -0.05) is 13.8 Å². The lowest BCUT2D eigenvalue weighted by Crippen LogP contribution is -2.53. The summed E-state index contributed by atoms with van der Waals surface area (Å²) in [5.74, 6) is -0.0571. The zero-order chi connectivity index (χ0) is 19.3.